The predicted octanol–water partition coefficient (Wildman–Crippen LogP) is 3.48. The molecule has 7 heteroatoms. The first-order valence-corrected chi connectivity index (χ1v) is 9.62. The van der Waals surface area contributed by atoms with Crippen LogP contribution in [-0.4, -0.2) is 26.9 Å². The molecule has 0 radical (unpaired) electrons. The molecule has 7 nitrogen and oxygen atoms in total. The van der Waals surface area contributed by atoms with E-state index in [-0.39, 0.29) is 18.1 Å². The number of nitrogens with two attached hydrogens (primary N) is 1. The summed E-state index contributed by atoms with van der Waals surface area (Å²) in [4.78, 5) is 31.8. The third kappa shape index (κ3) is 4.62. The summed E-state index contributed by atoms with van der Waals surface area (Å²) in [5, 5.41) is 13.1. The quantitative estimate of drug-likeness (QED) is 0.362. The number of primary amides is 1. The summed E-state index contributed by atoms with van der Waals surface area (Å²) < 4.78 is 0. The molecule has 0 spiro atoms. The molecule has 4 aromatic rings. The van der Waals surface area contributed by atoms with Gasteiger partial charge in [-0.2, -0.15) is 0 Å². The van der Waals surface area contributed by atoms with Gasteiger partial charge in [0.1, 0.15) is 17.2 Å². The van der Waals surface area contributed by atoms with E-state index in [1.165, 1.54) is 0 Å². The number of carbonyl (C=O) groups excluding carboxylic acids is 2. The summed E-state index contributed by atoms with van der Waals surface area (Å²) >= 11 is 0. The van der Waals surface area contributed by atoms with Gasteiger partial charge in [-0.3, -0.25) is 9.59 Å². The van der Waals surface area contributed by atoms with E-state index >= 15 is 0 Å². The van der Waals surface area contributed by atoms with Crippen molar-refractivity contribution in [1.82, 2.24) is 9.97 Å². The van der Waals surface area contributed by atoms with Crippen LogP contribution < -0.4 is 11.1 Å². The molecule has 154 valence electrons. The third-order valence-corrected chi connectivity index (χ3v) is 4.76. The van der Waals surface area contributed by atoms with Crippen LogP contribution in [0.2, 0.25) is 0 Å². The van der Waals surface area contributed by atoms with Gasteiger partial charge >= 0.3 is 0 Å². The molecular weight excluding hydrogens is 392 g/mol. The minimum atomic E-state index is -0.524. The summed E-state index contributed by atoms with van der Waals surface area (Å²) in [6, 6.07) is 19.3. The predicted molar refractivity (Wildman–Crippen MR) is 120 cm³/mol. The number of amides is 2. The Bertz CT molecular complexity index is 1290. The molecule has 0 aliphatic carbocycles. The van der Waals surface area contributed by atoms with Crippen LogP contribution in [0.25, 0.3) is 22.7 Å². The minimum Gasteiger partial charge on any atom is -0.508 e. The normalized spacial score (nSPS) is 11.4. The number of pyridine rings is 1. The summed E-state index contributed by atoms with van der Waals surface area (Å²) in [5.41, 5.74) is 8.74. The molecule has 0 unspecified atom stereocenters. The lowest BCUT2D eigenvalue weighted by atomic mass is 10.0. The van der Waals surface area contributed by atoms with Gasteiger partial charge < -0.3 is 21.1 Å². The van der Waals surface area contributed by atoms with Gasteiger partial charge in [0.2, 0.25) is 11.8 Å². The zero-order valence-corrected chi connectivity index (χ0v) is 16.5. The Kier molecular flexibility index (Phi) is 5.49. The highest BCUT2D eigenvalue weighted by Crippen LogP contribution is 2.24. The summed E-state index contributed by atoms with van der Waals surface area (Å²) in [6.45, 7) is 0. The van der Waals surface area contributed by atoms with Crippen molar-refractivity contribution in [2.75, 3.05) is 5.32 Å². The van der Waals surface area contributed by atoms with Crippen molar-refractivity contribution in [1.29, 1.82) is 0 Å². The molecule has 0 atom stereocenters. The number of anilines is 1. The maximum Gasteiger partial charge on any atom is 0.249 e. The summed E-state index contributed by atoms with van der Waals surface area (Å²) in [6.07, 6.45) is 3.58. The number of aromatic nitrogens is 2. The van der Waals surface area contributed by atoms with E-state index in [1.807, 2.05) is 36.4 Å². The molecule has 4 rings (SSSR count). The molecule has 0 saturated carbocycles. The Morgan fingerprint density at radius 3 is 2.61 bits per heavy atom. The van der Waals surface area contributed by atoms with Crippen LogP contribution in [0.15, 0.2) is 72.9 Å². The summed E-state index contributed by atoms with van der Waals surface area (Å²) in [7, 11) is 0. The van der Waals surface area contributed by atoms with E-state index in [0.29, 0.717) is 22.6 Å². The number of benzene rings is 2. The minimum absolute atomic E-state index is 0.114. The Morgan fingerprint density at radius 1 is 1.06 bits per heavy atom. The molecule has 0 saturated heterocycles. The number of fused-ring (bicyclic) bond motifs is 1. The zero-order chi connectivity index (χ0) is 21.8. The maximum atomic E-state index is 12.3. The first-order valence-electron chi connectivity index (χ1n) is 9.62. The van der Waals surface area contributed by atoms with E-state index < -0.39 is 5.91 Å². The van der Waals surface area contributed by atoms with E-state index in [4.69, 9.17) is 5.73 Å². The molecule has 2 heterocycles. The molecule has 31 heavy (non-hydrogen) atoms. The standard InChI is InChI=1S/C24H20N4O3/c25-23(31)20(16-6-2-1-3-7-16)13-17-14-26-24-19(17)9-10-21(28-24)27-22(30)12-15-5-4-8-18(29)11-15/h1-11,13-14,29H,12H2,(H2,25,31)(H2,26,27,28,30). The van der Waals surface area contributed by atoms with Gasteiger partial charge in [-0.15, -0.1) is 0 Å². The first-order chi connectivity index (χ1) is 15.0. The van der Waals surface area contributed by atoms with Gasteiger partial charge in [-0.25, -0.2) is 4.98 Å². The number of hydrogen-bond acceptors (Lipinski definition) is 4. The number of nitrogens with zero attached hydrogens (tertiary/aromatic N) is 1. The highest BCUT2D eigenvalue weighted by atomic mass is 16.3. The van der Waals surface area contributed by atoms with Crippen LogP contribution >= 0.6 is 0 Å². The number of aromatic hydroxyl groups is 1. The molecule has 0 aliphatic rings. The van der Waals surface area contributed by atoms with Crippen molar-refractivity contribution < 1.29 is 14.7 Å². The average Bonchev–Trinajstić information content (AvgIpc) is 3.14. The van der Waals surface area contributed by atoms with Crippen molar-refractivity contribution in [3.63, 3.8) is 0 Å². The number of hydrogen-bond donors (Lipinski definition) is 4. The smallest absolute Gasteiger partial charge is 0.249 e. The lowest BCUT2D eigenvalue weighted by Crippen LogP contribution is -2.15. The van der Waals surface area contributed by atoms with Crippen LogP contribution in [-0.2, 0) is 16.0 Å². The van der Waals surface area contributed by atoms with E-state index in [2.05, 4.69) is 15.3 Å². The molecule has 2 amide bonds. The number of H-pyrrole nitrogens is 1. The maximum absolute atomic E-state index is 12.3. The van der Waals surface area contributed by atoms with Crippen molar-refractivity contribution in [2.24, 2.45) is 5.73 Å². The molecular formula is C24H20N4O3. The summed E-state index contributed by atoms with van der Waals surface area (Å²) in [5.74, 6) is -0.260. The monoisotopic (exact) mass is 412 g/mol. The van der Waals surface area contributed by atoms with Crippen molar-refractivity contribution in [3.8, 4) is 5.75 Å². The van der Waals surface area contributed by atoms with Crippen molar-refractivity contribution in [3.05, 3.63) is 89.6 Å². The van der Waals surface area contributed by atoms with Gasteiger partial charge in [0, 0.05) is 22.7 Å². The number of aromatic amines is 1. The van der Waals surface area contributed by atoms with Crippen LogP contribution in [0.1, 0.15) is 16.7 Å². The Balaban J connectivity index is 1.56. The van der Waals surface area contributed by atoms with Gasteiger partial charge in [0.25, 0.3) is 0 Å². The second-order valence-electron chi connectivity index (χ2n) is 7.02. The molecule has 2 aromatic carbocycles. The first kappa shape index (κ1) is 19.9. The van der Waals surface area contributed by atoms with E-state index in [9.17, 15) is 14.7 Å². The number of nitrogens with one attached hydrogen (secondary N) is 2. The Labute approximate surface area is 178 Å². The lowest BCUT2D eigenvalue weighted by Gasteiger charge is -2.06. The third-order valence-electron chi connectivity index (χ3n) is 4.76. The molecule has 2 aromatic heterocycles. The van der Waals surface area contributed by atoms with Gasteiger partial charge in [0.15, 0.2) is 0 Å². The number of rotatable bonds is 6. The van der Waals surface area contributed by atoms with E-state index in [1.54, 1.807) is 42.6 Å². The van der Waals surface area contributed by atoms with Crippen LogP contribution in [0.3, 0.4) is 0 Å². The number of carbonyl (C=O) groups is 2. The zero-order valence-electron chi connectivity index (χ0n) is 16.5. The highest BCUT2D eigenvalue weighted by molar-refractivity contribution is 6.24. The molecule has 0 fully saturated rings. The van der Waals surface area contributed by atoms with Gasteiger partial charge in [0.05, 0.1) is 6.42 Å². The average molecular weight is 412 g/mol. The lowest BCUT2D eigenvalue weighted by molar-refractivity contribution is -0.115. The SMILES string of the molecule is NC(=O)C(=Cc1c[nH]c2nc(NC(=O)Cc3cccc(O)c3)ccc12)c1ccccc1. The Morgan fingerprint density at radius 2 is 1.87 bits per heavy atom. The largest absolute Gasteiger partial charge is 0.508 e. The second kappa shape index (κ2) is 8.54. The number of phenols is 1. The molecule has 5 N–H and O–H groups in total. The van der Waals surface area contributed by atoms with Crippen LogP contribution in [0, 0.1) is 0 Å². The van der Waals surface area contributed by atoms with E-state index in [0.717, 1.165) is 16.5 Å². The fraction of sp³-hybridized carbons (Fsp3) is 0.0417. The van der Waals surface area contributed by atoms with Crippen molar-refractivity contribution >= 4 is 40.3 Å². The fourth-order valence-electron chi connectivity index (χ4n) is 3.32. The van der Waals surface area contributed by atoms with Gasteiger partial charge in [-0.1, -0.05) is 42.5 Å². The Hall–Kier alpha value is -4.39. The topological polar surface area (TPSA) is 121 Å². The van der Waals surface area contributed by atoms with Gasteiger partial charge in [-0.05, 0) is 41.5 Å². The molecule has 0 aliphatic heterocycles. The fourth-order valence-corrected chi connectivity index (χ4v) is 3.32. The molecule has 0 bridgehead atoms. The van der Waals surface area contributed by atoms with Crippen LogP contribution in [0.5, 0.6) is 5.75 Å². The number of phenolic OH excluding ortho intramolecular Hbond substituents is 1. The van der Waals surface area contributed by atoms with Crippen molar-refractivity contribution in [2.45, 2.75) is 6.42 Å². The van der Waals surface area contributed by atoms with Crippen LogP contribution in [0.4, 0.5) is 5.82 Å². The highest BCUT2D eigenvalue weighted by Gasteiger charge is 2.12. The second-order valence-corrected chi connectivity index (χ2v) is 7.02.